The largest absolute Gasteiger partial charge is 0.479 e. The Balaban J connectivity index is 3.28. The molecule has 1 heterocycles. The number of methoxy groups -OCH3 is 1. The number of anilines is 1. The van der Waals surface area contributed by atoms with Crippen LogP contribution in [0.25, 0.3) is 0 Å². The predicted octanol–water partition coefficient (Wildman–Crippen LogP) is 1.56. The van der Waals surface area contributed by atoms with Gasteiger partial charge in [-0.05, 0) is 26.8 Å². The maximum absolute atomic E-state index is 13.9. The van der Waals surface area contributed by atoms with Gasteiger partial charge in [0.1, 0.15) is 5.82 Å². The minimum absolute atomic E-state index is 0.000825. The molecule has 1 aromatic rings. The van der Waals surface area contributed by atoms with E-state index in [1.54, 1.807) is 13.8 Å². The minimum Gasteiger partial charge on any atom is -0.479 e. The number of rotatable bonds is 8. The third-order valence-electron chi connectivity index (χ3n) is 3.50. The second-order valence-corrected chi connectivity index (χ2v) is 5.72. The van der Waals surface area contributed by atoms with Crippen molar-refractivity contribution in [3.63, 3.8) is 0 Å². The number of nitrogens with zero attached hydrogens (tertiary/aromatic N) is 2. The summed E-state index contributed by atoms with van der Waals surface area (Å²) in [6.45, 7) is 5.24. The number of amidine groups is 1. The van der Waals surface area contributed by atoms with Crippen molar-refractivity contribution in [2.45, 2.75) is 32.9 Å². The van der Waals surface area contributed by atoms with Crippen molar-refractivity contribution in [2.75, 3.05) is 12.4 Å². The van der Waals surface area contributed by atoms with Gasteiger partial charge in [0.25, 0.3) is 5.91 Å². The Kier molecular flexibility index (Phi) is 8.34. The van der Waals surface area contributed by atoms with Crippen LogP contribution in [0.4, 0.5) is 14.5 Å². The van der Waals surface area contributed by atoms with Gasteiger partial charge in [-0.3, -0.25) is 9.79 Å². The highest BCUT2D eigenvalue weighted by atomic mass is 19.1. The van der Waals surface area contributed by atoms with Crippen LogP contribution in [-0.2, 0) is 4.79 Å². The molecule has 10 heteroatoms. The monoisotopic (exact) mass is 382 g/mol. The maximum atomic E-state index is 13.9. The lowest BCUT2D eigenvalue weighted by atomic mass is 10.2. The number of hydrogen-bond acceptors (Lipinski definition) is 6. The molecule has 6 N–H and O–H groups in total. The molecule has 8 nitrogen and oxygen atoms in total. The molecule has 0 saturated carbocycles. The summed E-state index contributed by atoms with van der Waals surface area (Å²) in [5.41, 5.74) is 11.1. The van der Waals surface area contributed by atoms with Crippen LogP contribution in [0, 0.1) is 5.82 Å². The molecule has 2 unspecified atom stereocenters. The number of amides is 1. The zero-order chi connectivity index (χ0) is 20.6. The Hall–Kier alpha value is -3.01. The third-order valence-corrected chi connectivity index (χ3v) is 3.50. The van der Waals surface area contributed by atoms with E-state index in [0.717, 1.165) is 12.1 Å². The summed E-state index contributed by atoms with van der Waals surface area (Å²) in [6.07, 6.45) is 2.30. The molecule has 1 aromatic heterocycles. The fraction of sp³-hybridized carbons (Fsp3) is 0.353. The zero-order valence-corrected chi connectivity index (χ0v) is 15.6. The zero-order valence-electron chi connectivity index (χ0n) is 15.6. The summed E-state index contributed by atoms with van der Waals surface area (Å²) in [7, 11) is 1.28. The van der Waals surface area contributed by atoms with Gasteiger partial charge in [0.15, 0.2) is 5.82 Å². The molecule has 0 spiro atoms. The molecule has 1 amide bonds. The van der Waals surface area contributed by atoms with Gasteiger partial charge in [0.2, 0.25) is 5.88 Å². The van der Waals surface area contributed by atoms with E-state index in [2.05, 4.69) is 20.6 Å². The number of hydrogen-bond donors (Lipinski definition) is 4. The number of primary amides is 1. The number of nitrogens with two attached hydrogens (primary N) is 2. The van der Waals surface area contributed by atoms with E-state index in [9.17, 15) is 13.6 Å². The van der Waals surface area contributed by atoms with E-state index >= 15 is 0 Å². The lowest BCUT2D eigenvalue weighted by molar-refractivity contribution is -0.114. The van der Waals surface area contributed by atoms with Crippen molar-refractivity contribution in [1.82, 2.24) is 10.3 Å². The number of aliphatic imine (C=N–C) groups is 1. The van der Waals surface area contributed by atoms with Crippen molar-refractivity contribution in [1.29, 1.82) is 0 Å². The van der Waals surface area contributed by atoms with Crippen LogP contribution in [0.15, 0.2) is 41.1 Å². The Morgan fingerprint density at radius 3 is 2.59 bits per heavy atom. The standard InChI is InChI=1S/C17H24F2N6O2/c1-9(20)10(2)23-11(3)24-16(13(5-6-18)15(21)26)25-12-7-14(19)17(27-4)22-8-12/h5-10,25H,20H2,1-4H3,(H2,21,26)(H,23,24)/b6-5+,16-13-. The van der Waals surface area contributed by atoms with E-state index in [1.807, 2.05) is 6.92 Å². The number of carbonyl (C=O) groups is 1. The molecule has 0 bridgehead atoms. The SMILES string of the molecule is COc1ncc(N/C(NC(C)=NC(C)C(C)N)=C(/C=C/F)C(N)=O)cc1F. The highest BCUT2D eigenvalue weighted by Crippen LogP contribution is 2.19. The van der Waals surface area contributed by atoms with Crippen molar-refractivity contribution < 1.29 is 18.3 Å². The molecule has 0 aliphatic carbocycles. The van der Waals surface area contributed by atoms with Gasteiger partial charge in [0, 0.05) is 12.1 Å². The van der Waals surface area contributed by atoms with Crippen molar-refractivity contribution >= 4 is 17.4 Å². The maximum Gasteiger partial charge on any atom is 0.252 e. The summed E-state index contributed by atoms with van der Waals surface area (Å²) in [5.74, 6) is -1.44. The number of aromatic nitrogens is 1. The normalized spacial score (nSPS) is 15.1. The predicted molar refractivity (Wildman–Crippen MR) is 100 cm³/mol. The van der Waals surface area contributed by atoms with Crippen molar-refractivity contribution in [3.05, 3.63) is 41.9 Å². The van der Waals surface area contributed by atoms with E-state index in [4.69, 9.17) is 16.2 Å². The van der Waals surface area contributed by atoms with E-state index < -0.39 is 11.7 Å². The molecular formula is C17H24F2N6O2. The molecule has 1 rings (SSSR count). The van der Waals surface area contributed by atoms with E-state index in [0.29, 0.717) is 5.84 Å². The minimum atomic E-state index is -0.908. The molecule has 0 saturated heterocycles. The molecular weight excluding hydrogens is 358 g/mol. The fourth-order valence-electron chi connectivity index (χ4n) is 1.94. The Bertz CT molecular complexity index is 762. The van der Waals surface area contributed by atoms with Gasteiger partial charge in [-0.2, -0.15) is 0 Å². The Morgan fingerprint density at radius 2 is 2.11 bits per heavy atom. The average molecular weight is 382 g/mol. The molecule has 0 aliphatic rings. The second kappa shape index (κ2) is 10.2. The first-order valence-corrected chi connectivity index (χ1v) is 8.04. The molecule has 2 atom stereocenters. The van der Waals surface area contributed by atoms with E-state index in [1.165, 1.54) is 13.3 Å². The average Bonchev–Trinajstić information content (AvgIpc) is 2.58. The van der Waals surface area contributed by atoms with Gasteiger partial charge < -0.3 is 26.8 Å². The van der Waals surface area contributed by atoms with Gasteiger partial charge in [-0.1, -0.05) is 0 Å². The first kappa shape index (κ1) is 22.0. The molecule has 27 heavy (non-hydrogen) atoms. The third kappa shape index (κ3) is 6.66. The molecule has 148 valence electrons. The number of ether oxygens (including phenoxy) is 1. The van der Waals surface area contributed by atoms with Crippen LogP contribution in [0.3, 0.4) is 0 Å². The molecule has 0 aliphatic heterocycles. The Morgan fingerprint density at radius 1 is 1.44 bits per heavy atom. The quantitative estimate of drug-likeness (QED) is 0.234. The summed E-state index contributed by atoms with van der Waals surface area (Å²) >= 11 is 0. The van der Waals surface area contributed by atoms with Crippen LogP contribution < -0.4 is 26.8 Å². The first-order valence-electron chi connectivity index (χ1n) is 8.04. The number of pyridine rings is 1. The number of carbonyl (C=O) groups excluding carboxylic acids is 1. The summed E-state index contributed by atoms with van der Waals surface area (Å²) in [4.78, 5) is 19.8. The molecule has 0 radical (unpaired) electrons. The van der Waals surface area contributed by atoms with Gasteiger partial charge in [0.05, 0.1) is 42.8 Å². The van der Waals surface area contributed by atoms with Crippen LogP contribution in [0.5, 0.6) is 5.88 Å². The lowest BCUT2D eigenvalue weighted by Crippen LogP contribution is -2.33. The van der Waals surface area contributed by atoms with Crippen LogP contribution >= 0.6 is 0 Å². The van der Waals surface area contributed by atoms with Crippen LogP contribution in [0.2, 0.25) is 0 Å². The van der Waals surface area contributed by atoms with Crippen molar-refractivity contribution in [3.8, 4) is 5.88 Å². The number of halogens is 2. The highest BCUT2D eigenvalue weighted by Gasteiger charge is 2.14. The lowest BCUT2D eigenvalue weighted by Gasteiger charge is -2.18. The molecule has 0 aromatic carbocycles. The van der Waals surface area contributed by atoms with Crippen LogP contribution in [-0.4, -0.2) is 35.9 Å². The molecule has 0 fully saturated rings. The smallest absolute Gasteiger partial charge is 0.252 e. The highest BCUT2D eigenvalue weighted by molar-refractivity contribution is 5.97. The number of nitrogens with one attached hydrogen (secondary N) is 2. The summed E-state index contributed by atoms with van der Waals surface area (Å²) in [5, 5.41) is 5.58. The van der Waals surface area contributed by atoms with Crippen molar-refractivity contribution in [2.24, 2.45) is 16.5 Å². The van der Waals surface area contributed by atoms with Gasteiger partial charge >= 0.3 is 0 Å². The van der Waals surface area contributed by atoms with Gasteiger partial charge in [-0.25, -0.2) is 13.8 Å². The first-order chi connectivity index (χ1) is 12.7. The fourth-order valence-corrected chi connectivity index (χ4v) is 1.94. The summed E-state index contributed by atoms with van der Waals surface area (Å²) < 4.78 is 31.3. The summed E-state index contributed by atoms with van der Waals surface area (Å²) in [6, 6.07) is 0.679. The van der Waals surface area contributed by atoms with E-state index in [-0.39, 0.29) is 41.4 Å². The topological polar surface area (TPSA) is 128 Å². The van der Waals surface area contributed by atoms with Gasteiger partial charge in [-0.15, -0.1) is 0 Å². The second-order valence-electron chi connectivity index (χ2n) is 5.72. The van der Waals surface area contributed by atoms with Crippen LogP contribution in [0.1, 0.15) is 20.8 Å². The Labute approximate surface area is 156 Å².